The Hall–Kier alpha value is -2.01. The van der Waals surface area contributed by atoms with Gasteiger partial charge in [-0.25, -0.2) is 0 Å². The average molecular weight is 430 g/mol. The molecule has 0 saturated heterocycles. The second kappa shape index (κ2) is 13.3. The Balaban J connectivity index is 1.90. The molecule has 1 N–H and O–H groups in total. The number of rotatable bonds is 12. The van der Waals surface area contributed by atoms with Crippen LogP contribution in [0.4, 0.5) is 0 Å². The minimum absolute atomic E-state index is 0.0208. The normalized spacial score (nSPS) is 12.5. The Morgan fingerprint density at radius 2 is 1.67 bits per heavy atom. The highest BCUT2D eigenvalue weighted by atomic mass is 31.2. The van der Waals surface area contributed by atoms with Gasteiger partial charge in [-0.05, 0) is 60.2 Å². The van der Waals surface area contributed by atoms with E-state index in [9.17, 15) is 5.11 Å². The van der Waals surface area contributed by atoms with Gasteiger partial charge in [0.25, 0.3) is 0 Å². The first-order valence-electron chi connectivity index (χ1n) is 9.82. The predicted molar refractivity (Wildman–Crippen MR) is 121 cm³/mol. The van der Waals surface area contributed by atoms with Crippen LogP contribution in [0.3, 0.4) is 0 Å². The van der Waals surface area contributed by atoms with E-state index in [1.165, 1.54) is 5.57 Å². The van der Waals surface area contributed by atoms with Crippen molar-refractivity contribution in [3.63, 3.8) is 0 Å². The molecule has 0 aliphatic rings. The number of aliphatic hydroxyl groups excluding tert-OH is 1. The largest absolute Gasteiger partial charge is 0.494 e. The summed E-state index contributed by atoms with van der Waals surface area (Å²) in [5.74, 6) is 0.862. The summed E-state index contributed by atoms with van der Waals surface area (Å²) in [4.78, 5) is 0. The predicted octanol–water partition coefficient (Wildman–Crippen LogP) is 6.13. The molecular weight excluding hydrogens is 399 g/mol. The summed E-state index contributed by atoms with van der Waals surface area (Å²) in [5, 5.41) is 9.40. The second-order valence-electron chi connectivity index (χ2n) is 6.72. The molecule has 0 saturated carbocycles. The maximum atomic E-state index is 9.40. The summed E-state index contributed by atoms with van der Waals surface area (Å²) in [5.41, 5.74) is 5.31. The molecule has 0 aliphatic heterocycles. The van der Waals surface area contributed by atoms with Gasteiger partial charge < -0.3 is 23.4 Å². The molecule has 0 atom stereocenters. The number of benzene rings is 2. The van der Waals surface area contributed by atoms with Gasteiger partial charge in [0.15, 0.2) is 0 Å². The molecule has 0 aliphatic carbocycles. The van der Waals surface area contributed by atoms with Crippen molar-refractivity contribution in [1.29, 1.82) is 0 Å². The van der Waals surface area contributed by atoms with Crippen molar-refractivity contribution in [2.45, 2.75) is 40.1 Å². The van der Waals surface area contributed by atoms with E-state index in [2.05, 4.69) is 31.2 Å². The second-order valence-corrected chi connectivity index (χ2v) is 8.15. The van der Waals surface area contributed by atoms with Crippen LogP contribution < -0.4 is 0 Å². The number of ether oxygens (including phenoxy) is 1. The highest BCUT2D eigenvalue weighted by Gasteiger charge is 2.08. The molecule has 0 radical (unpaired) electrons. The molecule has 0 amide bonds. The Bertz CT molecular complexity index is 843. The van der Waals surface area contributed by atoms with E-state index in [0.29, 0.717) is 13.2 Å². The fraction of sp³-hybridized carbons (Fsp3) is 0.333. The molecule has 0 unspecified atom stereocenters. The van der Waals surface area contributed by atoms with Crippen LogP contribution >= 0.6 is 8.60 Å². The third kappa shape index (κ3) is 8.02. The lowest BCUT2D eigenvalue weighted by molar-refractivity contribution is 0.195. The van der Waals surface area contributed by atoms with Crippen molar-refractivity contribution in [2.24, 2.45) is 0 Å². The van der Waals surface area contributed by atoms with E-state index in [-0.39, 0.29) is 6.61 Å². The summed E-state index contributed by atoms with van der Waals surface area (Å²) in [6.45, 7) is 4.96. The summed E-state index contributed by atoms with van der Waals surface area (Å²) in [6.07, 6.45) is 5.01. The molecule has 2 aromatic rings. The van der Waals surface area contributed by atoms with E-state index >= 15 is 0 Å². The zero-order valence-electron chi connectivity index (χ0n) is 18.1. The Kier molecular flexibility index (Phi) is 10.8. The first-order valence-corrected chi connectivity index (χ1v) is 10.9. The lowest BCUT2D eigenvalue weighted by Gasteiger charge is -2.12. The zero-order valence-corrected chi connectivity index (χ0v) is 19.0. The van der Waals surface area contributed by atoms with Gasteiger partial charge in [-0.15, -0.1) is 0 Å². The smallest absolute Gasteiger partial charge is 0.332 e. The monoisotopic (exact) mass is 430 g/mol. The van der Waals surface area contributed by atoms with Gasteiger partial charge >= 0.3 is 8.60 Å². The number of aliphatic hydroxyl groups is 1. The lowest BCUT2D eigenvalue weighted by Crippen LogP contribution is -1.96. The summed E-state index contributed by atoms with van der Waals surface area (Å²) < 4.78 is 21.7. The quantitative estimate of drug-likeness (QED) is 0.324. The first kappa shape index (κ1) is 24.3. The Morgan fingerprint density at radius 1 is 0.933 bits per heavy atom. The standard InChI is InChI=1S/C24H31O5P/c1-19(22-14-8-11-21(15-22)17-29-30(26-3)27-4)9-7-10-20(2)28-18-24-13-6-5-12-23(24)16-25/h5-6,8-15,25H,7,16-18H2,1-4H3/b19-9+,20-10+. The van der Waals surface area contributed by atoms with Crippen molar-refractivity contribution >= 4 is 14.2 Å². The van der Waals surface area contributed by atoms with Crippen molar-refractivity contribution in [3.05, 3.63) is 88.7 Å². The third-order valence-electron chi connectivity index (χ3n) is 4.59. The van der Waals surface area contributed by atoms with E-state index in [1.807, 2.05) is 43.3 Å². The number of hydrogen-bond acceptors (Lipinski definition) is 5. The molecule has 162 valence electrons. The average Bonchev–Trinajstić information content (AvgIpc) is 2.78. The van der Waals surface area contributed by atoms with Gasteiger partial charge in [0.2, 0.25) is 0 Å². The van der Waals surface area contributed by atoms with Crippen molar-refractivity contribution in [3.8, 4) is 0 Å². The summed E-state index contributed by atoms with van der Waals surface area (Å²) >= 11 is 0. The molecule has 0 spiro atoms. The van der Waals surface area contributed by atoms with E-state index in [4.69, 9.17) is 18.3 Å². The van der Waals surface area contributed by atoms with Gasteiger partial charge in [-0.3, -0.25) is 0 Å². The van der Waals surface area contributed by atoms with Gasteiger partial charge in [0, 0.05) is 14.2 Å². The maximum absolute atomic E-state index is 9.40. The summed E-state index contributed by atoms with van der Waals surface area (Å²) in [6, 6.07) is 16.0. The van der Waals surface area contributed by atoms with Crippen LogP contribution in [0.5, 0.6) is 0 Å². The molecule has 0 bridgehead atoms. The first-order chi connectivity index (χ1) is 14.6. The van der Waals surface area contributed by atoms with Crippen LogP contribution in [0.15, 0.2) is 66.4 Å². The fourth-order valence-electron chi connectivity index (χ4n) is 2.84. The van der Waals surface area contributed by atoms with Crippen LogP contribution in [-0.4, -0.2) is 19.3 Å². The van der Waals surface area contributed by atoms with Gasteiger partial charge in [-0.2, -0.15) is 0 Å². The van der Waals surface area contributed by atoms with Crippen LogP contribution in [0.1, 0.15) is 42.5 Å². The minimum Gasteiger partial charge on any atom is -0.494 e. The Labute approximate surface area is 180 Å². The Morgan fingerprint density at radius 3 is 2.37 bits per heavy atom. The SMILES string of the molecule is COP(OC)OCc1cccc(/C(C)=C/C/C=C(\C)OCc2ccccc2CO)c1. The highest BCUT2D eigenvalue weighted by Crippen LogP contribution is 2.38. The summed E-state index contributed by atoms with van der Waals surface area (Å²) in [7, 11) is 1.85. The topological polar surface area (TPSA) is 57.2 Å². The van der Waals surface area contributed by atoms with E-state index in [0.717, 1.165) is 34.4 Å². The molecule has 2 rings (SSSR count). The molecule has 0 aromatic heterocycles. The molecule has 2 aromatic carbocycles. The van der Waals surface area contributed by atoms with Crippen LogP contribution in [0.25, 0.3) is 5.57 Å². The number of hydrogen-bond donors (Lipinski definition) is 1. The third-order valence-corrected chi connectivity index (χ3v) is 5.53. The van der Waals surface area contributed by atoms with Gasteiger partial charge in [-0.1, -0.05) is 48.5 Å². The van der Waals surface area contributed by atoms with Crippen LogP contribution in [0, 0.1) is 0 Å². The lowest BCUT2D eigenvalue weighted by atomic mass is 10.0. The van der Waals surface area contributed by atoms with Crippen molar-refractivity contribution in [2.75, 3.05) is 14.2 Å². The van der Waals surface area contributed by atoms with Crippen LogP contribution in [-0.2, 0) is 38.1 Å². The molecule has 30 heavy (non-hydrogen) atoms. The van der Waals surface area contributed by atoms with Gasteiger partial charge in [0.1, 0.15) is 6.61 Å². The van der Waals surface area contributed by atoms with Gasteiger partial charge in [0.05, 0.1) is 19.0 Å². The van der Waals surface area contributed by atoms with E-state index < -0.39 is 8.60 Å². The molecule has 0 fully saturated rings. The van der Waals surface area contributed by atoms with Crippen molar-refractivity contribution < 1.29 is 23.4 Å². The molecular formula is C24H31O5P. The van der Waals surface area contributed by atoms with Crippen molar-refractivity contribution in [1.82, 2.24) is 0 Å². The fourth-order valence-corrected chi connectivity index (χ4v) is 3.45. The van der Waals surface area contributed by atoms with Crippen LogP contribution in [0.2, 0.25) is 0 Å². The molecule has 6 heteroatoms. The maximum Gasteiger partial charge on any atom is 0.332 e. The highest BCUT2D eigenvalue weighted by molar-refractivity contribution is 7.41. The molecule has 5 nitrogen and oxygen atoms in total. The van der Waals surface area contributed by atoms with E-state index in [1.54, 1.807) is 14.2 Å². The molecule has 0 heterocycles. The zero-order chi connectivity index (χ0) is 21.8. The minimum atomic E-state index is -1.30. The number of allylic oxidation sites excluding steroid dienone is 4.